The van der Waals surface area contributed by atoms with Crippen molar-refractivity contribution in [3.63, 3.8) is 0 Å². The van der Waals surface area contributed by atoms with Crippen LogP contribution in [0.15, 0.2) is 91.0 Å². The Morgan fingerprint density at radius 2 is 0.588 bits per heavy atom. The summed E-state index contributed by atoms with van der Waals surface area (Å²) in [5, 5.41) is 1.67. The molecule has 0 aromatic heterocycles. The van der Waals surface area contributed by atoms with Crippen LogP contribution in [0.4, 0.5) is 0 Å². The summed E-state index contributed by atoms with van der Waals surface area (Å²) in [6.07, 6.45) is 0. The van der Waals surface area contributed by atoms with Crippen LogP contribution in [0.5, 0.6) is 0 Å². The Bertz CT molecular complexity index is 1130. The maximum absolute atomic E-state index is 10.3. The zero-order chi connectivity index (χ0) is 25.0. The van der Waals surface area contributed by atoms with Gasteiger partial charge in [-0.25, -0.2) is 25.3 Å². The quantitative estimate of drug-likeness (QED) is 0.204. The van der Waals surface area contributed by atoms with E-state index in [0.717, 1.165) is 0 Å². The SMILES string of the molecule is O=S(=O)([O-])Pc1ccccc1.O=S(=O)([O-])Pc1ccccc1.O=S(=O)([O-])Pc1ccccc1.[Au+3]. The van der Waals surface area contributed by atoms with Gasteiger partial charge < -0.3 is 13.7 Å². The second kappa shape index (κ2) is 16.2. The third kappa shape index (κ3) is 19.7. The van der Waals surface area contributed by atoms with Crippen LogP contribution in [0.1, 0.15) is 0 Å². The molecular formula is C18H18AuO9P3S3. The Morgan fingerprint density at radius 3 is 0.735 bits per heavy atom. The van der Waals surface area contributed by atoms with Crippen molar-refractivity contribution in [3.05, 3.63) is 91.0 Å². The standard InChI is InChI=1S/3C6H7O3PS.Au/c3*7-11(8,9)10-6-4-2-1-3-5-6;/h3*1-5,10H,(H,7,8,9);/q;;;+3/p-3. The summed E-state index contributed by atoms with van der Waals surface area (Å²) in [5.74, 6) is 0. The van der Waals surface area contributed by atoms with Crippen molar-refractivity contribution in [2.24, 2.45) is 0 Å². The van der Waals surface area contributed by atoms with Crippen LogP contribution in [-0.2, 0) is 51.6 Å². The van der Waals surface area contributed by atoms with E-state index in [4.69, 9.17) is 0 Å². The maximum Gasteiger partial charge on any atom is 3.00 e. The van der Waals surface area contributed by atoms with Crippen molar-refractivity contribution in [2.75, 3.05) is 0 Å². The van der Waals surface area contributed by atoms with Gasteiger partial charge in [0.1, 0.15) is 29.2 Å². The minimum atomic E-state index is -4.10. The van der Waals surface area contributed by atoms with Crippen LogP contribution in [0.3, 0.4) is 0 Å². The average Bonchev–Trinajstić information content (AvgIpc) is 2.67. The smallest absolute Gasteiger partial charge is 0.745 e. The Labute approximate surface area is 219 Å². The number of hydrogen-bond acceptors (Lipinski definition) is 9. The molecule has 3 aromatic carbocycles. The summed E-state index contributed by atoms with van der Waals surface area (Å²) in [4.78, 5) is 0. The van der Waals surface area contributed by atoms with E-state index in [9.17, 15) is 38.9 Å². The van der Waals surface area contributed by atoms with Crippen LogP contribution >= 0.6 is 23.3 Å². The Hall–Kier alpha value is -0.580. The molecule has 0 bridgehead atoms. The van der Waals surface area contributed by atoms with Gasteiger partial charge in [0.2, 0.25) is 0 Å². The van der Waals surface area contributed by atoms with Crippen molar-refractivity contribution >= 4 is 68.5 Å². The van der Waals surface area contributed by atoms with Crippen LogP contribution in [0.25, 0.3) is 0 Å². The Kier molecular flexibility index (Phi) is 15.9. The van der Waals surface area contributed by atoms with Crippen LogP contribution in [0.2, 0.25) is 0 Å². The molecule has 0 N–H and O–H groups in total. The van der Waals surface area contributed by atoms with Gasteiger partial charge in [0.15, 0.2) is 0 Å². The molecule has 9 nitrogen and oxygen atoms in total. The number of benzene rings is 3. The summed E-state index contributed by atoms with van der Waals surface area (Å²) in [7, 11) is -14.3. The van der Waals surface area contributed by atoms with Crippen molar-refractivity contribution < 1.29 is 61.3 Å². The molecule has 3 rings (SSSR count). The molecule has 0 aliphatic rings. The fraction of sp³-hybridized carbons (Fsp3) is 0. The minimum absolute atomic E-state index is 0. The van der Waals surface area contributed by atoms with E-state index in [1.54, 1.807) is 91.0 Å². The number of rotatable bonds is 6. The van der Waals surface area contributed by atoms with Gasteiger partial charge in [-0.2, -0.15) is 0 Å². The molecule has 0 fully saturated rings. The molecule has 3 atom stereocenters. The molecule has 0 amide bonds. The predicted molar refractivity (Wildman–Crippen MR) is 132 cm³/mol. The van der Waals surface area contributed by atoms with Gasteiger partial charge in [-0.3, -0.25) is 0 Å². The summed E-state index contributed by atoms with van der Waals surface area (Å²) in [6, 6.07) is 25.2. The van der Waals surface area contributed by atoms with Gasteiger partial charge in [-0.05, 0) is 15.9 Å². The second-order valence-corrected chi connectivity index (χ2v) is 17.2. The van der Waals surface area contributed by atoms with Crippen molar-refractivity contribution in [3.8, 4) is 0 Å². The molecule has 0 spiro atoms. The molecule has 34 heavy (non-hydrogen) atoms. The summed E-state index contributed by atoms with van der Waals surface area (Å²) in [6.45, 7) is 0. The molecule has 0 saturated carbocycles. The fourth-order valence-corrected chi connectivity index (χ4v) is 7.63. The Morgan fingerprint density at radius 1 is 0.412 bits per heavy atom. The molecule has 0 radical (unpaired) electrons. The monoisotopic (exact) mass is 764 g/mol. The molecule has 0 aliphatic carbocycles. The van der Waals surface area contributed by atoms with Gasteiger partial charge >= 0.3 is 22.4 Å². The first-order chi connectivity index (χ1) is 15.2. The largest absolute Gasteiger partial charge is 3.00 e. The van der Waals surface area contributed by atoms with E-state index in [-0.39, 0.29) is 22.4 Å². The topological polar surface area (TPSA) is 172 Å². The zero-order valence-electron chi connectivity index (χ0n) is 16.9. The van der Waals surface area contributed by atoms with Gasteiger partial charge in [0.25, 0.3) is 0 Å². The average molecular weight is 764 g/mol. The summed E-state index contributed by atoms with van der Waals surface area (Å²) in [5.41, 5.74) is 0. The molecule has 188 valence electrons. The van der Waals surface area contributed by atoms with Gasteiger partial charge in [-0.1, -0.05) is 91.0 Å². The zero-order valence-corrected chi connectivity index (χ0v) is 24.5. The van der Waals surface area contributed by atoms with Gasteiger partial charge in [-0.15, -0.1) is 0 Å². The molecule has 0 heterocycles. The molecule has 3 aromatic rings. The van der Waals surface area contributed by atoms with Crippen LogP contribution < -0.4 is 15.9 Å². The van der Waals surface area contributed by atoms with E-state index in [1.165, 1.54) is 0 Å². The summed E-state index contributed by atoms with van der Waals surface area (Å²) >= 11 is 0. The third-order valence-electron chi connectivity index (χ3n) is 3.05. The van der Waals surface area contributed by atoms with E-state index < -0.39 is 52.6 Å². The van der Waals surface area contributed by atoms with E-state index in [2.05, 4.69) is 0 Å². The van der Waals surface area contributed by atoms with Crippen molar-refractivity contribution in [1.82, 2.24) is 0 Å². The van der Waals surface area contributed by atoms with Crippen LogP contribution in [-0.4, -0.2) is 38.9 Å². The van der Waals surface area contributed by atoms with Crippen LogP contribution in [0, 0.1) is 0 Å². The van der Waals surface area contributed by atoms with Gasteiger partial charge in [0.05, 0.1) is 0 Å². The molecule has 16 heteroatoms. The minimum Gasteiger partial charge on any atom is -0.745 e. The second-order valence-electron chi connectivity index (χ2n) is 5.77. The molecule has 0 aliphatic heterocycles. The number of hydrogen-bond donors (Lipinski definition) is 0. The third-order valence-corrected chi connectivity index (χ3v) is 9.88. The van der Waals surface area contributed by atoms with E-state index in [1.807, 2.05) is 0 Å². The van der Waals surface area contributed by atoms with Crippen molar-refractivity contribution in [1.29, 1.82) is 0 Å². The van der Waals surface area contributed by atoms with E-state index >= 15 is 0 Å². The molecule has 0 saturated heterocycles. The Balaban J connectivity index is 0.000000473. The molecular weight excluding hydrogens is 746 g/mol. The van der Waals surface area contributed by atoms with E-state index in [0.29, 0.717) is 15.9 Å². The maximum atomic E-state index is 10.3. The first kappa shape index (κ1) is 33.4. The summed E-state index contributed by atoms with van der Waals surface area (Å²) < 4.78 is 92.3. The predicted octanol–water partition coefficient (Wildman–Crippen LogP) is 1.35. The first-order valence-electron chi connectivity index (χ1n) is 8.59. The fourth-order valence-electron chi connectivity index (χ4n) is 1.95. The van der Waals surface area contributed by atoms with Gasteiger partial charge in [0, 0.05) is 23.3 Å². The normalized spacial score (nSPS) is 12.1. The first-order valence-corrected chi connectivity index (χ1v) is 18.0. The molecule has 3 unspecified atom stereocenters. The van der Waals surface area contributed by atoms with Crippen molar-refractivity contribution in [2.45, 2.75) is 0 Å².